The number of benzene rings is 2. The molecule has 2 aromatic carbocycles. The van der Waals surface area contributed by atoms with Crippen LogP contribution < -0.4 is 0 Å². The number of aliphatic imine (C=N–C) groups is 1. The zero-order valence-electron chi connectivity index (χ0n) is 24.6. The van der Waals surface area contributed by atoms with Gasteiger partial charge in [0.25, 0.3) is 5.69 Å². The number of carbonyl (C=O) groups excluding carboxylic acids is 2. The molecule has 0 saturated carbocycles. The number of sulfonamides is 1. The first kappa shape index (κ1) is 33.7. The Bertz CT molecular complexity index is 1650. The number of nitrogens with zero attached hydrogens (tertiary/aromatic N) is 4. The van der Waals surface area contributed by atoms with Gasteiger partial charge in [-0.3, -0.25) is 24.8 Å². The van der Waals surface area contributed by atoms with Crippen molar-refractivity contribution in [2.24, 2.45) is 10.9 Å². The second kappa shape index (κ2) is 13.5. The summed E-state index contributed by atoms with van der Waals surface area (Å²) >= 11 is 0. The third-order valence-electron chi connectivity index (χ3n) is 7.71. The molecule has 2 heterocycles. The van der Waals surface area contributed by atoms with Crippen molar-refractivity contribution in [1.82, 2.24) is 9.21 Å². The Kier molecular flexibility index (Phi) is 10.1. The Morgan fingerprint density at radius 2 is 1.73 bits per heavy atom. The molecule has 2 aliphatic heterocycles. The molecule has 0 bridgehead atoms. The molecule has 12 nitrogen and oxygen atoms in total. The summed E-state index contributed by atoms with van der Waals surface area (Å²) in [5.74, 6) is -3.45. The van der Waals surface area contributed by atoms with Gasteiger partial charge in [0.05, 0.1) is 28.1 Å². The van der Waals surface area contributed by atoms with Crippen molar-refractivity contribution in [3.8, 4) is 0 Å². The summed E-state index contributed by atoms with van der Waals surface area (Å²) in [5, 5.41) is 11.4. The highest BCUT2D eigenvalue weighted by molar-refractivity contribution is 7.89. The molecule has 1 saturated heterocycles. The Morgan fingerprint density at radius 1 is 1.07 bits per heavy atom. The average molecular weight is 653 g/mol. The predicted octanol–water partition coefficient (Wildman–Crippen LogP) is 3.78. The maximum Gasteiger partial charge on any atom is 0.416 e. The number of esters is 2. The van der Waals surface area contributed by atoms with E-state index in [1.807, 2.05) is 4.90 Å². The molecule has 2 unspecified atom stereocenters. The fourth-order valence-electron chi connectivity index (χ4n) is 5.45. The van der Waals surface area contributed by atoms with Crippen molar-refractivity contribution in [2.75, 3.05) is 46.4 Å². The summed E-state index contributed by atoms with van der Waals surface area (Å²) < 4.78 is 76.9. The van der Waals surface area contributed by atoms with Gasteiger partial charge in [0.2, 0.25) is 10.0 Å². The van der Waals surface area contributed by atoms with E-state index in [2.05, 4.69) is 4.99 Å². The number of methoxy groups -OCH3 is 1. The highest BCUT2D eigenvalue weighted by Gasteiger charge is 2.43. The molecule has 2 atom stereocenters. The molecule has 0 spiro atoms. The highest BCUT2D eigenvalue weighted by Crippen LogP contribution is 2.41. The van der Waals surface area contributed by atoms with Crippen LogP contribution in [0.25, 0.3) is 0 Å². The Morgan fingerprint density at radius 3 is 2.36 bits per heavy atom. The van der Waals surface area contributed by atoms with E-state index in [9.17, 15) is 41.3 Å². The van der Waals surface area contributed by atoms with Crippen LogP contribution >= 0.6 is 0 Å². The standard InChI is InChI=1S/C29H31F3N4O8S/c1-18-24(27(37)43-3)26(20-6-4-8-22(16-20)36(39)40)25(19(2)33-18)28(38)44-15-14-34-10-12-35(13-11-34)45(41,42)23-9-5-7-21(17-23)29(30,31)32/h4-9,16-17,24,26H,10-15H2,1-3H3. The minimum absolute atomic E-state index is 0.0143. The molecule has 0 aliphatic carbocycles. The number of non-ortho nitro benzene ring substituents is 1. The van der Waals surface area contributed by atoms with Crippen LogP contribution in [0.4, 0.5) is 18.9 Å². The van der Waals surface area contributed by atoms with E-state index in [4.69, 9.17) is 9.47 Å². The number of halogens is 3. The third kappa shape index (κ3) is 7.40. The second-order valence-corrected chi connectivity index (χ2v) is 12.4. The van der Waals surface area contributed by atoms with E-state index in [1.54, 1.807) is 19.9 Å². The summed E-state index contributed by atoms with van der Waals surface area (Å²) in [6.07, 6.45) is -4.68. The van der Waals surface area contributed by atoms with E-state index < -0.39 is 55.4 Å². The van der Waals surface area contributed by atoms with Crippen molar-refractivity contribution in [2.45, 2.75) is 30.8 Å². The van der Waals surface area contributed by atoms with E-state index in [0.717, 1.165) is 22.5 Å². The van der Waals surface area contributed by atoms with Crippen molar-refractivity contribution >= 4 is 33.4 Å². The summed E-state index contributed by atoms with van der Waals surface area (Å²) in [5.41, 5.74) is -0.255. The minimum Gasteiger partial charge on any atom is -0.468 e. The molecule has 2 aromatic rings. The lowest BCUT2D eigenvalue weighted by Gasteiger charge is -2.34. The Balaban J connectivity index is 1.43. The van der Waals surface area contributed by atoms with Crippen LogP contribution in [-0.2, 0) is 35.3 Å². The Hall–Kier alpha value is -4.15. The zero-order valence-corrected chi connectivity index (χ0v) is 25.4. The average Bonchev–Trinajstić information content (AvgIpc) is 3.00. The molecule has 242 valence electrons. The molecular formula is C29H31F3N4O8S. The maximum atomic E-state index is 13.4. The molecule has 0 amide bonds. The van der Waals surface area contributed by atoms with Crippen LogP contribution in [0.3, 0.4) is 0 Å². The molecule has 0 radical (unpaired) electrons. The predicted molar refractivity (Wildman–Crippen MR) is 155 cm³/mol. The first-order chi connectivity index (χ1) is 21.1. The third-order valence-corrected chi connectivity index (χ3v) is 9.61. The van der Waals surface area contributed by atoms with Crippen LogP contribution in [-0.4, -0.2) is 86.6 Å². The topological polar surface area (TPSA) is 149 Å². The van der Waals surface area contributed by atoms with Gasteiger partial charge in [0, 0.05) is 62.2 Å². The second-order valence-electron chi connectivity index (χ2n) is 10.5. The number of hydrogen-bond acceptors (Lipinski definition) is 10. The van der Waals surface area contributed by atoms with Crippen molar-refractivity contribution < 1.29 is 45.6 Å². The number of hydrogen-bond donors (Lipinski definition) is 0. The summed E-state index contributed by atoms with van der Waals surface area (Å²) in [6, 6.07) is 9.18. The van der Waals surface area contributed by atoms with E-state index >= 15 is 0 Å². The largest absolute Gasteiger partial charge is 0.468 e. The smallest absolute Gasteiger partial charge is 0.416 e. The van der Waals surface area contributed by atoms with Gasteiger partial charge in [-0.25, -0.2) is 13.2 Å². The normalized spacial score (nSPS) is 20.0. The minimum atomic E-state index is -4.68. The van der Waals surface area contributed by atoms with E-state index in [-0.39, 0.29) is 56.3 Å². The molecule has 0 N–H and O–H groups in total. The van der Waals surface area contributed by atoms with Crippen molar-refractivity contribution in [3.05, 3.63) is 81.0 Å². The monoisotopic (exact) mass is 652 g/mol. The molecule has 1 fully saturated rings. The first-order valence-electron chi connectivity index (χ1n) is 13.8. The van der Waals surface area contributed by atoms with Gasteiger partial charge in [-0.15, -0.1) is 0 Å². The van der Waals surface area contributed by atoms with Crippen molar-refractivity contribution in [1.29, 1.82) is 0 Å². The molecular weight excluding hydrogens is 621 g/mol. The van der Waals surface area contributed by atoms with Crippen LogP contribution in [0.5, 0.6) is 0 Å². The van der Waals surface area contributed by atoms with Crippen LogP contribution in [0.2, 0.25) is 0 Å². The van der Waals surface area contributed by atoms with E-state index in [0.29, 0.717) is 17.3 Å². The van der Waals surface area contributed by atoms with Gasteiger partial charge in [-0.1, -0.05) is 18.2 Å². The summed E-state index contributed by atoms with van der Waals surface area (Å²) in [4.78, 5) is 42.9. The maximum absolute atomic E-state index is 13.4. The van der Waals surface area contributed by atoms with Gasteiger partial charge in [0.1, 0.15) is 12.5 Å². The molecule has 4 rings (SSSR count). The van der Waals surface area contributed by atoms with Crippen LogP contribution in [0.15, 0.2) is 69.7 Å². The number of nitro groups is 1. The van der Waals surface area contributed by atoms with Gasteiger partial charge in [0.15, 0.2) is 0 Å². The number of nitro benzene ring substituents is 1. The number of allylic oxidation sites excluding steroid dienone is 1. The molecule has 2 aliphatic rings. The molecule has 0 aromatic heterocycles. The highest BCUT2D eigenvalue weighted by atomic mass is 32.2. The SMILES string of the molecule is COC(=O)C1C(C)=NC(C)=C(C(=O)OCCN2CCN(S(=O)(=O)c3cccc(C(F)(F)F)c3)CC2)C1c1cccc([N+](=O)[O-])c1. The zero-order chi connectivity index (χ0) is 33.1. The Labute approximate surface area is 257 Å². The number of carbonyl (C=O) groups is 2. The molecule has 45 heavy (non-hydrogen) atoms. The van der Waals surface area contributed by atoms with Crippen LogP contribution in [0, 0.1) is 16.0 Å². The van der Waals surface area contributed by atoms with E-state index in [1.165, 1.54) is 25.3 Å². The number of rotatable bonds is 9. The number of alkyl halides is 3. The first-order valence-corrected chi connectivity index (χ1v) is 15.2. The lowest BCUT2D eigenvalue weighted by Crippen LogP contribution is -2.49. The lowest BCUT2D eigenvalue weighted by molar-refractivity contribution is -0.384. The van der Waals surface area contributed by atoms with Gasteiger partial charge >= 0.3 is 18.1 Å². The number of piperazine rings is 1. The number of ether oxygens (including phenoxy) is 2. The summed E-state index contributed by atoms with van der Waals surface area (Å²) in [7, 11) is -2.97. The van der Waals surface area contributed by atoms with Gasteiger partial charge in [-0.2, -0.15) is 17.5 Å². The quantitative estimate of drug-likeness (QED) is 0.224. The van der Waals surface area contributed by atoms with Gasteiger partial charge < -0.3 is 9.47 Å². The fraction of sp³-hybridized carbons (Fsp3) is 0.414. The molecule has 16 heteroatoms. The lowest BCUT2D eigenvalue weighted by atomic mass is 9.75. The van der Waals surface area contributed by atoms with Crippen LogP contribution in [0.1, 0.15) is 30.9 Å². The van der Waals surface area contributed by atoms with Gasteiger partial charge in [-0.05, 0) is 37.6 Å². The van der Waals surface area contributed by atoms with Crippen molar-refractivity contribution in [3.63, 3.8) is 0 Å². The fourth-order valence-corrected chi connectivity index (χ4v) is 6.92. The summed E-state index contributed by atoms with van der Waals surface area (Å²) in [6.45, 7) is 3.79.